The Morgan fingerprint density at radius 2 is 2.05 bits per heavy atom. The molecule has 2 saturated heterocycles. The van der Waals surface area contributed by atoms with Crippen molar-refractivity contribution in [2.24, 2.45) is 0 Å². The molecule has 1 spiro atoms. The van der Waals surface area contributed by atoms with Crippen molar-refractivity contribution in [1.29, 1.82) is 0 Å². The lowest BCUT2D eigenvalue weighted by molar-refractivity contribution is -0.334. The molecule has 0 amide bonds. The van der Waals surface area contributed by atoms with Crippen LogP contribution in [0, 0.1) is 0 Å². The smallest absolute Gasteiger partial charge is 0.194 e. The lowest BCUT2D eigenvalue weighted by Gasteiger charge is -2.46. The number of methoxy groups -OCH3 is 1. The Hall–Kier alpha value is -0.940. The van der Waals surface area contributed by atoms with Gasteiger partial charge in [-0.05, 0) is 18.4 Å². The summed E-state index contributed by atoms with van der Waals surface area (Å²) in [6, 6.07) is 10.2. The van der Waals surface area contributed by atoms with Gasteiger partial charge in [-0.15, -0.1) is 0 Å². The molecule has 1 aromatic rings. The van der Waals surface area contributed by atoms with Crippen LogP contribution in [-0.4, -0.2) is 38.3 Å². The largest absolute Gasteiger partial charge is 0.376 e. The summed E-state index contributed by atoms with van der Waals surface area (Å²) in [4.78, 5) is 0. The molecule has 3 rings (SSSR count). The zero-order chi connectivity index (χ0) is 14.5. The van der Waals surface area contributed by atoms with Crippen LogP contribution < -0.4 is 0 Å². The Morgan fingerprint density at radius 3 is 2.76 bits per heavy atom. The summed E-state index contributed by atoms with van der Waals surface area (Å²) >= 11 is 0. The standard InChI is InChI=1S/C17H24O4/c1-18-16-11-15(19-12-14-7-3-2-4-8-14)13-21-17(16)9-5-6-10-20-17/h2-4,7-8,15-16H,5-6,9-13H2,1H3/t15-,16+,17+/m1/s1. The van der Waals surface area contributed by atoms with Crippen LogP contribution in [0.25, 0.3) is 0 Å². The first-order valence-electron chi connectivity index (χ1n) is 7.79. The molecule has 21 heavy (non-hydrogen) atoms. The Morgan fingerprint density at radius 1 is 1.19 bits per heavy atom. The van der Waals surface area contributed by atoms with Gasteiger partial charge in [0.2, 0.25) is 0 Å². The molecule has 0 saturated carbocycles. The normalized spacial score (nSPS) is 33.2. The number of hydrogen-bond donors (Lipinski definition) is 0. The van der Waals surface area contributed by atoms with Crippen molar-refractivity contribution < 1.29 is 18.9 Å². The Bertz CT molecular complexity index is 428. The highest BCUT2D eigenvalue weighted by Crippen LogP contribution is 2.37. The van der Waals surface area contributed by atoms with Crippen molar-refractivity contribution in [2.75, 3.05) is 20.3 Å². The van der Waals surface area contributed by atoms with E-state index in [-0.39, 0.29) is 12.2 Å². The SMILES string of the molecule is CO[C@H]1C[C@@H](OCc2ccccc2)CO[C@@]12CCCCO2. The van der Waals surface area contributed by atoms with Crippen LogP contribution >= 0.6 is 0 Å². The minimum Gasteiger partial charge on any atom is -0.376 e. The van der Waals surface area contributed by atoms with Crippen LogP contribution in [0.1, 0.15) is 31.2 Å². The molecule has 4 heteroatoms. The van der Waals surface area contributed by atoms with Gasteiger partial charge in [0, 0.05) is 20.0 Å². The van der Waals surface area contributed by atoms with E-state index in [1.807, 2.05) is 18.2 Å². The summed E-state index contributed by atoms with van der Waals surface area (Å²) in [5.41, 5.74) is 1.18. The third-order valence-corrected chi connectivity index (χ3v) is 4.36. The molecule has 0 unspecified atom stereocenters. The maximum absolute atomic E-state index is 6.04. The van der Waals surface area contributed by atoms with Crippen LogP contribution in [0.4, 0.5) is 0 Å². The fourth-order valence-corrected chi connectivity index (χ4v) is 3.15. The van der Waals surface area contributed by atoms with Crippen molar-refractivity contribution in [3.63, 3.8) is 0 Å². The van der Waals surface area contributed by atoms with Crippen LogP contribution in [0.3, 0.4) is 0 Å². The van der Waals surface area contributed by atoms with Gasteiger partial charge in [-0.1, -0.05) is 30.3 Å². The van der Waals surface area contributed by atoms with Crippen molar-refractivity contribution in [2.45, 2.75) is 50.3 Å². The molecule has 0 aromatic heterocycles. The number of ether oxygens (including phenoxy) is 4. The number of rotatable bonds is 4. The van der Waals surface area contributed by atoms with Gasteiger partial charge in [0.25, 0.3) is 0 Å². The van der Waals surface area contributed by atoms with E-state index in [1.165, 1.54) is 5.56 Å². The van der Waals surface area contributed by atoms with Crippen molar-refractivity contribution >= 4 is 0 Å². The van der Waals surface area contributed by atoms with Crippen molar-refractivity contribution in [3.05, 3.63) is 35.9 Å². The molecule has 2 aliphatic rings. The number of hydrogen-bond acceptors (Lipinski definition) is 4. The molecular formula is C17H24O4. The molecule has 2 heterocycles. The molecule has 0 N–H and O–H groups in total. The zero-order valence-corrected chi connectivity index (χ0v) is 12.6. The van der Waals surface area contributed by atoms with E-state index < -0.39 is 5.79 Å². The van der Waals surface area contributed by atoms with Gasteiger partial charge in [0.15, 0.2) is 5.79 Å². The highest BCUT2D eigenvalue weighted by molar-refractivity contribution is 5.13. The summed E-state index contributed by atoms with van der Waals surface area (Å²) in [5, 5.41) is 0. The molecule has 0 bridgehead atoms. The van der Waals surface area contributed by atoms with Gasteiger partial charge in [0.05, 0.1) is 25.9 Å². The maximum Gasteiger partial charge on any atom is 0.194 e. The Labute approximate surface area is 126 Å². The van der Waals surface area contributed by atoms with Crippen molar-refractivity contribution in [3.8, 4) is 0 Å². The number of benzene rings is 1. The average molecular weight is 292 g/mol. The van der Waals surface area contributed by atoms with Gasteiger partial charge in [-0.3, -0.25) is 0 Å². The van der Waals surface area contributed by atoms with Gasteiger partial charge in [-0.2, -0.15) is 0 Å². The quantitative estimate of drug-likeness (QED) is 0.855. The first-order valence-corrected chi connectivity index (χ1v) is 7.79. The lowest BCUT2D eigenvalue weighted by Crippen LogP contribution is -2.56. The Balaban J connectivity index is 1.56. The fraction of sp³-hybridized carbons (Fsp3) is 0.647. The highest BCUT2D eigenvalue weighted by Gasteiger charge is 2.47. The van der Waals surface area contributed by atoms with E-state index in [4.69, 9.17) is 18.9 Å². The monoisotopic (exact) mass is 292 g/mol. The average Bonchev–Trinajstić information content (AvgIpc) is 2.56. The van der Waals surface area contributed by atoms with Gasteiger partial charge >= 0.3 is 0 Å². The summed E-state index contributed by atoms with van der Waals surface area (Å²) in [5.74, 6) is -0.542. The van der Waals surface area contributed by atoms with E-state index in [0.29, 0.717) is 13.2 Å². The molecule has 1 aromatic carbocycles. The molecule has 0 radical (unpaired) electrons. The first kappa shape index (κ1) is 15.0. The molecule has 2 aliphatic heterocycles. The molecule has 116 valence electrons. The van der Waals surface area contributed by atoms with Crippen LogP contribution in [-0.2, 0) is 25.6 Å². The van der Waals surface area contributed by atoms with Gasteiger partial charge in [-0.25, -0.2) is 0 Å². The minimum atomic E-state index is -0.542. The second-order valence-corrected chi connectivity index (χ2v) is 5.81. The Kier molecular flexibility index (Phi) is 4.91. The van der Waals surface area contributed by atoms with Crippen molar-refractivity contribution in [1.82, 2.24) is 0 Å². The van der Waals surface area contributed by atoms with Gasteiger partial charge in [0.1, 0.15) is 6.10 Å². The predicted molar refractivity (Wildman–Crippen MR) is 78.9 cm³/mol. The van der Waals surface area contributed by atoms with E-state index in [9.17, 15) is 0 Å². The maximum atomic E-state index is 6.04. The topological polar surface area (TPSA) is 36.9 Å². The fourth-order valence-electron chi connectivity index (χ4n) is 3.15. The molecule has 2 fully saturated rings. The molecular weight excluding hydrogens is 268 g/mol. The zero-order valence-electron chi connectivity index (χ0n) is 12.6. The van der Waals surface area contributed by atoms with E-state index in [0.717, 1.165) is 32.3 Å². The first-order chi connectivity index (χ1) is 10.3. The van der Waals surface area contributed by atoms with Crippen LogP contribution in [0.5, 0.6) is 0 Å². The summed E-state index contributed by atoms with van der Waals surface area (Å²) in [6.45, 7) is 1.95. The lowest BCUT2D eigenvalue weighted by atomic mass is 9.93. The van der Waals surface area contributed by atoms with E-state index >= 15 is 0 Å². The second kappa shape index (κ2) is 6.88. The van der Waals surface area contributed by atoms with Crippen LogP contribution in [0.15, 0.2) is 30.3 Å². The molecule has 4 nitrogen and oxygen atoms in total. The predicted octanol–water partition coefficient (Wildman–Crippen LogP) is 2.90. The third kappa shape index (κ3) is 3.46. The summed E-state index contributed by atoms with van der Waals surface area (Å²) in [7, 11) is 1.73. The van der Waals surface area contributed by atoms with Crippen LogP contribution in [0.2, 0.25) is 0 Å². The minimum absolute atomic E-state index is 0.0488. The summed E-state index contributed by atoms with van der Waals surface area (Å²) in [6.07, 6.45) is 3.99. The second-order valence-electron chi connectivity index (χ2n) is 5.81. The third-order valence-electron chi connectivity index (χ3n) is 4.36. The highest BCUT2D eigenvalue weighted by atomic mass is 16.7. The van der Waals surface area contributed by atoms with Gasteiger partial charge < -0.3 is 18.9 Å². The molecule has 3 atom stereocenters. The van der Waals surface area contributed by atoms with E-state index in [1.54, 1.807) is 7.11 Å². The van der Waals surface area contributed by atoms with E-state index in [2.05, 4.69) is 12.1 Å². The summed E-state index contributed by atoms with van der Waals surface area (Å²) < 4.78 is 23.6. The molecule has 0 aliphatic carbocycles.